The quantitative estimate of drug-likeness (QED) is 0.112. The van der Waals surface area contributed by atoms with E-state index < -0.39 is 6.04 Å². The summed E-state index contributed by atoms with van der Waals surface area (Å²) in [6, 6.07) is 84.3. The van der Waals surface area contributed by atoms with Gasteiger partial charge >= 0.3 is 0 Å². The van der Waals surface area contributed by atoms with Crippen LogP contribution in [0.4, 0.5) is 34.5 Å². The van der Waals surface area contributed by atoms with Crippen LogP contribution in [0.3, 0.4) is 0 Å². The molecule has 0 saturated heterocycles. The minimum absolute atomic E-state index is 0.190. The van der Waals surface area contributed by atoms with Crippen molar-refractivity contribution in [3.63, 3.8) is 0 Å². The zero-order valence-electron chi connectivity index (χ0n) is 40.9. The molecule has 76 heavy (non-hydrogen) atoms. The van der Waals surface area contributed by atoms with Crippen molar-refractivity contribution in [1.29, 1.82) is 0 Å². The maximum atomic E-state index is 7.31. The van der Waals surface area contributed by atoms with Crippen molar-refractivity contribution in [3.8, 4) is 33.4 Å². The summed E-state index contributed by atoms with van der Waals surface area (Å²) in [5.41, 5.74) is 16.6. The number of anilines is 6. The predicted molar refractivity (Wildman–Crippen MR) is 306 cm³/mol. The van der Waals surface area contributed by atoms with Crippen molar-refractivity contribution in [2.75, 3.05) is 9.80 Å². The molecule has 0 N–H and O–H groups in total. The Balaban J connectivity index is 1.08. The second-order valence-electron chi connectivity index (χ2n) is 19.7. The molecule has 2 aliphatic rings. The molecule has 7 heterocycles. The summed E-state index contributed by atoms with van der Waals surface area (Å²) >= 11 is 0. The van der Waals surface area contributed by atoms with Crippen LogP contribution >= 0.6 is 0 Å². The Labute approximate surface area is 437 Å². The predicted octanol–water partition coefficient (Wildman–Crippen LogP) is 15.7. The summed E-state index contributed by atoms with van der Waals surface area (Å²) in [6.07, 6.45) is 4.60. The van der Waals surface area contributed by atoms with E-state index in [0.29, 0.717) is 11.8 Å². The number of hydrogen-bond acceptors (Lipinski definition) is 6. The van der Waals surface area contributed by atoms with Gasteiger partial charge in [0.15, 0.2) is 23.9 Å². The average Bonchev–Trinajstić information content (AvgIpc) is 4.41. The zero-order valence-corrected chi connectivity index (χ0v) is 40.9. The summed E-state index contributed by atoms with van der Waals surface area (Å²) in [5.74, 6) is 2.89. The highest BCUT2D eigenvalue weighted by Crippen LogP contribution is 2.52. The van der Waals surface area contributed by atoms with Gasteiger partial charge in [0.1, 0.15) is 33.7 Å². The summed E-state index contributed by atoms with van der Waals surface area (Å²) in [4.78, 5) is 4.72. The molecule has 0 fully saturated rings. The molecule has 16 rings (SSSR count). The Morgan fingerprint density at radius 3 is 1.28 bits per heavy atom. The molecule has 9 aromatic carbocycles. The van der Waals surface area contributed by atoms with Crippen molar-refractivity contribution in [2.24, 2.45) is 0 Å². The molecule has 0 aliphatic carbocycles. The minimum atomic E-state index is -0.637. The lowest BCUT2D eigenvalue weighted by atomic mass is 9.33. The van der Waals surface area contributed by atoms with Gasteiger partial charge in [-0.15, -0.1) is 0 Å². The van der Waals surface area contributed by atoms with Gasteiger partial charge in [0.25, 0.3) is 12.8 Å². The third-order valence-corrected chi connectivity index (χ3v) is 15.5. The van der Waals surface area contributed by atoms with Gasteiger partial charge in [0, 0.05) is 38.5 Å². The summed E-state index contributed by atoms with van der Waals surface area (Å²) < 4.78 is 31.3. The van der Waals surface area contributed by atoms with Crippen LogP contribution in [0.2, 0.25) is 0 Å². The van der Waals surface area contributed by atoms with Crippen LogP contribution in [0.5, 0.6) is 0 Å². The minimum Gasteiger partial charge on any atom is -0.453 e. The average molecular weight is 977 g/mol. The van der Waals surface area contributed by atoms with E-state index >= 15 is 0 Å². The smallest absolute Gasteiger partial charge is 0.273 e. The number of hydrogen-bond donors (Lipinski definition) is 0. The molecule has 7 nitrogen and oxygen atoms in total. The first-order chi connectivity index (χ1) is 37.7. The van der Waals surface area contributed by atoms with Crippen LogP contribution in [0.25, 0.3) is 77.3 Å². The lowest BCUT2D eigenvalue weighted by molar-refractivity contribution is -0.706. The van der Waals surface area contributed by atoms with E-state index in [4.69, 9.17) is 17.7 Å². The fraction of sp³-hybridized carbons (Fsp3) is 0.0147. The zero-order chi connectivity index (χ0) is 49.8. The lowest BCUT2D eigenvalue weighted by Crippen LogP contribution is -2.62. The molecule has 8 heteroatoms. The molecule has 5 aromatic heterocycles. The highest BCUT2D eigenvalue weighted by Gasteiger charge is 2.49. The Morgan fingerprint density at radius 2 is 0.763 bits per heavy atom. The van der Waals surface area contributed by atoms with Crippen molar-refractivity contribution in [2.45, 2.75) is 6.04 Å². The van der Waals surface area contributed by atoms with Gasteiger partial charge in [0.2, 0.25) is 11.8 Å². The molecule has 0 saturated carbocycles. The fourth-order valence-corrected chi connectivity index (χ4v) is 12.3. The first kappa shape index (κ1) is 42.5. The van der Waals surface area contributed by atoms with Gasteiger partial charge in [-0.25, -0.2) is 0 Å². The lowest BCUT2D eigenvalue weighted by Gasteiger charge is -2.41. The first-order valence-corrected chi connectivity index (χ1v) is 25.8. The molecule has 0 amide bonds. The maximum absolute atomic E-state index is 7.31. The fourth-order valence-electron chi connectivity index (χ4n) is 12.3. The molecule has 2 aliphatic heterocycles. The highest BCUT2D eigenvalue weighted by atomic mass is 16.4. The third-order valence-electron chi connectivity index (χ3n) is 15.5. The summed E-state index contributed by atoms with van der Waals surface area (Å²) in [5, 5.41) is 4.06. The highest BCUT2D eigenvalue weighted by molar-refractivity contribution is 7.00. The van der Waals surface area contributed by atoms with Crippen LogP contribution in [0.1, 0.15) is 17.6 Å². The standard InChI is InChI=1S/C68H43BN3O4/c1-4-22-43(23-5-1)61-47-29-11-19-37-57(47)74-66(61)65(60-40-46-28-10-18-36-56(46)73-60)70-41-54-64-55(42-70)72(68-63(45-26-8-3-9-27-45)49-31-13-21-39-59(49)76-68)53-35-17-15-33-51(53)69(64)50-32-14-16-34-52(50)71(54)67-62(44-24-6-2-7-25-44)48-30-12-20-38-58(48)75-67/h1-42,65H/q+1. The number of furan rings is 4. The molecule has 1 unspecified atom stereocenters. The molecule has 0 spiro atoms. The molecular formula is C68H43BN3O4+. The third kappa shape index (κ3) is 6.34. The van der Waals surface area contributed by atoms with E-state index in [9.17, 15) is 0 Å². The Morgan fingerprint density at radius 1 is 0.355 bits per heavy atom. The Bertz CT molecular complexity index is 4350. The summed E-state index contributed by atoms with van der Waals surface area (Å²) in [6.45, 7) is -0.190. The molecule has 0 bridgehead atoms. The van der Waals surface area contributed by atoms with E-state index in [0.717, 1.165) is 128 Å². The van der Waals surface area contributed by atoms with Crippen LogP contribution in [-0.4, -0.2) is 6.71 Å². The van der Waals surface area contributed by atoms with E-state index in [1.165, 1.54) is 0 Å². The topological polar surface area (TPSA) is 62.9 Å². The number of aromatic nitrogens is 1. The van der Waals surface area contributed by atoms with Crippen LogP contribution in [-0.2, 0) is 0 Å². The van der Waals surface area contributed by atoms with Gasteiger partial charge in [-0.3, -0.25) is 9.80 Å². The van der Waals surface area contributed by atoms with E-state index in [1.54, 1.807) is 0 Å². The van der Waals surface area contributed by atoms with Crippen molar-refractivity contribution in [3.05, 3.63) is 267 Å². The number of nitrogens with zero attached hydrogens (tertiary/aromatic N) is 3. The van der Waals surface area contributed by atoms with Crippen LogP contribution in [0, 0.1) is 0 Å². The maximum Gasteiger partial charge on any atom is 0.273 e. The molecule has 1 atom stereocenters. The second-order valence-corrected chi connectivity index (χ2v) is 19.7. The number of para-hydroxylation sites is 6. The van der Waals surface area contributed by atoms with Gasteiger partial charge in [-0.2, -0.15) is 4.57 Å². The van der Waals surface area contributed by atoms with E-state index in [2.05, 4.69) is 239 Å². The van der Waals surface area contributed by atoms with Gasteiger partial charge in [-0.1, -0.05) is 200 Å². The van der Waals surface area contributed by atoms with Crippen molar-refractivity contribution < 1.29 is 22.2 Å². The molecule has 0 radical (unpaired) electrons. The van der Waals surface area contributed by atoms with Crippen molar-refractivity contribution in [1.82, 2.24) is 0 Å². The molecule has 356 valence electrons. The van der Waals surface area contributed by atoms with Gasteiger partial charge < -0.3 is 17.7 Å². The van der Waals surface area contributed by atoms with Crippen molar-refractivity contribution >= 4 is 101 Å². The largest absolute Gasteiger partial charge is 0.453 e. The molecular weight excluding hydrogens is 934 g/mol. The number of pyridine rings is 1. The Hall–Kier alpha value is -10.0. The number of benzene rings is 9. The van der Waals surface area contributed by atoms with E-state index in [-0.39, 0.29) is 6.71 Å². The number of rotatable bonds is 8. The van der Waals surface area contributed by atoms with Crippen LogP contribution in [0.15, 0.2) is 273 Å². The first-order valence-electron chi connectivity index (χ1n) is 25.8. The van der Waals surface area contributed by atoms with Gasteiger partial charge in [-0.05, 0) is 75.5 Å². The normalized spacial score (nSPS) is 13.1. The monoisotopic (exact) mass is 976 g/mol. The molecule has 14 aromatic rings. The van der Waals surface area contributed by atoms with Gasteiger partial charge in [0.05, 0.1) is 11.1 Å². The number of fused-ring (bicyclic) bond motifs is 8. The second kappa shape index (κ2) is 16.7. The Kier molecular flexibility index (Phi) is 9.36. The SMILES string of the molecule is c1ccc(-c2c(C(c3cc4ccccc4o3)[n+]3cc4c5c(c3)N(c3oc6ccccc6c3-c3ccccc3)c3ccccc3B5c3ccccc3N4c3oc4ccccc4c3-c3ccccc3)oc3ccccc23)cc1. The van der Waals surface area contributed by atoms with E-state index in [1.807, 2.05) is 30.3 Å². The summed E-state index contributed by atoms with van der Waals surface area (Å²) in [7, 11) is 0. The van der Waals surface area contributed by atoms with Crippen LogP contribution < -0.4 is 30.8 Å².